The molecule has 0 radical (unpaired) electrons. The minimum Gasteiger partial charge on any atom is -0.325 e. The minimum atomic E-state index is -4.16. The van der Waals surface area contributed by atoms with E-state index >= 15 is 0 Å². The summed E-state index contributed by atoms with van der Waals surface area (Å²) in [6.07, 6.45) is 12.4. The molecular formula is C17H36N2O4S. The Morgan fingerprint density at radius 1 is 1.12 bits per heavy atom. The van der Waals surface area contributed by atoms with Gasteiger partial charge in [0.1, 0.15) is 0 Å². The number of nitrogens with two attached hydrogens (primary N) is 1. The van der Waals surface area contributed by atoms with Gasteiger partial charge in [0.05, 0.1) is 13.2 Å². The quantitative estimate of drug-likeness (QED) is 0.396. The molecule has 1 atom stereocenters. The molecule has 1 unspecified atom stereocenters. The highest BCUT2D eigenvalue weighted by Crippen LogP contribution is 2.24. The van der Waals surface area contributed by atoms with E-state index in [1.54, 1.807) is 0 Å². The molecule has 24 heavy (non-hydrogen) atoms. The molecule has 0 aromatic rings. The van der Waals surface area contributed by atoms with Crippen LogP contribution in [0.15, 0.2) is 0 Å². The normalized spacial score (nSPS) is 12.9. The molecule has 0 aliphatic carbocycles. The summed E-state index contributed by atoms with van der Waals surface area (Å²) in [7, 11) is -3.29. The number of hydrogen-bond donors (Lipinski definition) is 2. The molecule has 7 heteroatoms. The van der Waals surface area contributed by atoms with E-state index in [1.165, 1.54) is 51.4 Å². The molecule has 0 aromatic carbocycles. The van der Waals surface area contributed by atoms with Crippen LogP contribution in [0.2, 0.25) is 0 Å². The average Bonchev–Trinajstić information content (AvgIpc) is 2.47. The third-order valence-electron chi connectivity index (χ3n) is 4.01. The van der Waals surface area contributed by atoms with Crippen LogP contribution in [0.5, 0.6) is 0 Å². The van der Waals surface area contributed by atoms with Crippen molar-refractivity contribution in [3.05, 3.63) is 0 Å². The molecule has 3 N–H and O–H groups in total. The van der Waals surface area contributed by atoms with Gasteiger partial charge in [0.25, 0.3) is 0 Å². The van der Waals surface area contributed by atoms with E-state index in [9.17, 15) is 8.42 Å². The standard InChI is InChI=1S/C16H32N2.CH4O4S/c1-4-5-6-7-8-9-10-11-12-15(13-14-17)16(2,3)18;1-5-6(2,3)4/h15H,4-13,18H2,1-3H3;1H3,(H,2,3,4). The van der Waals surface area contributed by atoms with Crippen molar-refractivity contribution in [2.24, 2.45) is 11.7 Å². The molecule has 0 aromatic heterocycles. The highest BCUT2D eigenvalue weighted by Gasteiger charge is 2.24. The van der Waals surface area contributed by atoms with Crippen LogP contribution in [0.3, 0.4) is 0 Å². The molecule has 0 saturated heterocycles. The van der Waals surface area contributed by atoms with Gasteiger partial charge in [0.15, 0.2) is 0 Å². The average molecular weight is 365 g/mol. The molecule has 0 amide bonds. The van der Waals surface area contributed by atoms with Gasteiger partial charge in [-0.3, -0.25) is 8.74 Å². The topological polar surface area (TPSA) is 113 Å². The lowest BCUT2D eigenvalue weighted by Crippen LogP contribution is -2.40. The van der Waals surface area contributed by atoms with Crippen molar-refractivity contribution in [3.8, 4) is 6.07 Å². The number of nitriles is 1. The first-order chi connectivity index (χ1) is 11.1. The fourth-order valence-electron chi connectivity index (χ4n) is 2.37. The van der Waals surface area contributed by atoms with Crippen molar-refractivity contribution in [2.75, 3.05) is 7.11 Å². The first-order valence-electron chi connectivity index (χ1n) is 8.77. The number of nitrogens with zero attached hydrogens (tertiary/aromatic N) is 1. The summed E-state index contributed by atoms with van der Waals surface area (Å²) in [5, 5.41) is 8.82. The van der Waals surface area contributed by atoms with Gasteiger partial charge >= 0.3 is 10.4 Å². The van der Waals surface area contributed by atoms with Crippen LogP contribution in [0.1, 0.15) is 85.0 Å². The van der Waals surface area contributed by atoms with Gasteiger partial charge in [-0.2, -0.15) is 13.7 Å². The fourth-order valence-corrected chi connectivity index (χ4v) is 2.37. The highest BCUT2D eigenvalue weighted by atomic mass is 32.3. The van der Waals surface area contributed by atoms with E-state index in [4.69, 9.17) is 15.5 Å². The molecule has 6 nitrogen and oxygen atoms in total. The van der Waals surface area contributed by atoms with Gasteiger partial charge in [-0.15, -0.1) is 0 Å². The van der Waals surface area contributed by atoms with Crippen molar-refractivity contribution in [1.82, 2.24) is 0 Å². The monoisotopic (exact) mass is 364 g/mol. The van der Waals surface area contributed by atoms with Crippen LogP contribution >= 0.6 is 0 Å². The van der Waals surface area contributed by atoms with E-state index < -0.39 is 10.4 Å². The van der Waals surface area contributed by atoms with Gasteiger partial charge in [-0.1, -0.05) is 58.3 Å². The van der Waals surface area contributed by atoms with Crippen molar-refractivity contribution in [3.63, 3.8) is 0 Å². The van der Waals surface area contributed by atoms with Crippen LogP contribution in [-0.2, 0) is 14.6 Å². The van der Waals surface area contributed by atoms with E-state index in [0.29, 0.717) is 12.3 Å². The highest BCUT2D eigenvalue weighted by molar-refractivity contribution is 7.80. The van der Waals surface area contributed by atoms with Crippen LogP contribution in [0.25, 0.3) is 0 Å². The molecule has 0 spiro atoms. The Kier molecular flexibility index (Phi) is 15.6. The Bertz CT molecular complexity index is 425. The Morgan fingerprint density at radius 3 is 1.88 bits per heavy atom. The van der Waals surface area contributed by atoms with Gasteiger partial charge in [-0.05, 0) is 26.2 Å². The molecule has 0 rings (SSSR count). The van der Waals surface area contributed by atoms with Gasteiger partial charge in [0.2, 0.25) is 0 Å². The van der Waals surface area contributed by atoms with E-state index in [0.717, 1.165) is 13.5 Å². The predicted octanol–water partition coefficient (Wildman–Crippen LogP) is 4.22. The van der Waals surface area contributed by atoms with Crippen LogP contribution in [0, 0.1) is 17.2 Å². The lowest BCUT2D eigenvalue weighted by molar-refractivity contribution is 0.296. The van der Waals surface area contributed by atoms with Gasteiger partial charge in [0, 0.05) is 12.0 Å². The van der Waals surface area contributed by atoms with E-state index in [2.05, 4.69) is 17.2 Å². The zero-order chi connectivity index (χ0) is 19.1. The summed E-state index contributed by atoms with van der Waals surface area (Å²) in [6.45, 7) is 6.34. The summed E-state index contributed by atoms with van der Waals surface area (Å²) >= 11 is 0. The summed E-state index contributed by atoms with van der Waals surface area (Å²) in [4.78, 5) is 0. The molecule has 0 aliphatic rings. The first-order valence-corrected chi connectivity index (χ1v) is 10.1. The Morgan fingerprint density at radius 2 is 1.54 bits per heavy atom. The second kappa shape index (κ2) is 14.6. The molecule has 0 saturated carbocycles. The van der Waals surface area contributed by atoms with Crippen molar-refractivity contribution < 1.29 is 17.2 Å². The number of rotatable bonds is 12. The lowest BCUT2D eigenvalue weighted by Gasteiger charge is -2.28. The van der Waals surface area contributed by atoms with Crippen LogP contribution in [-0.4, -0.2) is 25.6 Å². The Hall–Kier alpha value is -0.680. The molecule has 0 aliphatic heterocycles. The molecule has 0 fully saturated rings. The SMILES string of the molecule is CCCCCCCCCCC(CC#N)C(C)(C)N.COS(=O)(=O)O. The zero-order valence-corrected chi connectivity index (χ0v) is 16.6. The van der Waals surface area contributed by atoms with Crippen LogP contribution < -0.4 is 5.73 Å². The maximum absolute atomic E-state index is 9.33. The first kappa shape index (κ1) is 25.6. The molecule has 0 heterocycles. The second-order valence-corrected chi connectivity index (χ2v) is 7.93. The summed E-state index contributed by atoms with van der Waals surface area (Å²) in [6, 6.07) is 2.27. The smallest absolute Gasteiger partial charge is 0.325 e. The molecule has 0 bridgehead atoms. The minimum absolute atomic E-state index is 0.211. The van der Waals surface area contributed by atoms with E-state index in [1.807, 2.05) is 13.8 Å². The van der Waals surface area contributed by atoms with E-state index in [-0.39, 0.29) is 5.54 Å². The van der Waals surface area contributed by atoms with Crippen molar-refractivity contribution in [2.45, 2.75) is 90.5 Å². The fraction of sp³-hybridized carbons (Fsp3) is 0.941. The third-order valence-corrected chi connectivity index (χ3v) is 4.43. The largest absolute Gasteiger partial charge is 0.397 e. The van der Waals surface area contributed by atoms with Gasteiger partial charge < -0.3 is 5.73 Å². The Balaban J connectivity index is 0. The zero-order valence-electron chi connectivity index (χ0n) is 15.8. The van der Waals surface area contributed by atoms with Crippen molar-refractivity contribution in [1.29, 1.82) is 5.26 Å². The summed E-state index contributed by atoms with van der Waals surface area (Å²) < 4.78 is 29.7. The van der Waals surface area contributed by atoms with Crippen molar-refractivity contribution >= 4 is 10.4 Å². The summed E-state index contributed by atoms with van der Waals surface area (Å²) in [5.41, 5.74) is 5.90. The maximum atomic E-state index is 9.33. The molecular weight excluding hydrogens is 328 g/mol. The second-order valence-electron chi connectivity index (χ2n) is 6.74. The maximum Gasteiger partial charge on any atom is 0.397 e. The number of hydrogen-bond acceptors (Lipinski definition) is 5. The predicted molar refractivity (Wildman–Crippen MR) is 97.8 cm³/mol. The Labute approximate surface area is 148 Å². The van der Waals surface area contributed by atoms with Crippen LogP contribution in [0.4, 0.5) is 0 Å². The molecule has 144 valence electrons. The third kappa shape index (κ3) is 19.4. The summed E-state index contributed by atoms with van der Waals surface area (Å²) in [5.74, 6) is 0.350. The van der Waals surface area contributed by atoms with Gasteiger partial charge in [-0.25, -0.2) is 0 Å². The number of unbranched alkanes of at least 4 members (excludes halogenated alkanes) is 7. The lowest BCUT2D eigenvalue weighted by atomic mass is 9.82.